The van der Waals surface area contributed by atoms with Crippen LogP contribution in [0.15, 0.2) is 59.8 Å². The number of carbonyl (C=O) groups excluding carboxylic acids is 1. The number of sulfonamides is 1. The summed E-state index contributed by atoms with van der Waals surface area (Å²) < 4.78 is 41.6. The van der Waals surface area contributed by atoms with Crippen molar-refractivity contribution in [2.75, 3.05) is 18.4 Å². The van der Waals surface area contributed by atoms with Crippen LogP contribution in [-0.2, 0) is 14.8 Å². The molecule has 0 radical (unpaired) electrons. The summed E-state index contributed by atoms with van der Waals surface area (Å²) in [6.07, 6.45) is 2.62. The first kappa shape index (κ1) is 20.1. The molecule has 1 aliphatic heterocycles. The molecule has 0 spiro atoms. The molecule has 11 heteroatoms. The third-order valence-electron chi connectivity index (χ3n) is 4.95. The zero-order valence-electron chi connectivity index (χ0n) is 15.8. The van der Waals surface area contributed by atoms with Gasteiger partial charge in [-0.3, -0.25) is 4.79 Å². The number of hydrogen-bond donors (Lipinski definition) is 1. The van der Waals surface area contributed by atoms with Gasteiger partial charge in [0, 0.05) is 18.8 Å². The minimum atomic E-state index is -3.78. The molecule has 30 heavy (non-hydrogen) atoms. The van der Waals surface area contributed by atoms with Crippen LogP contribution in [0.3, 0.4) is 0 Å². The molecule has 1 saturated heterocycles. The van der Waals surface area contributed by atoms with Crippen LogP contribution in [0.25, 0.3) is 5.69 Å². The molecule has 1 N–H and O–H groups in total. The van der Waals surface area contributed by atoms with Gasteiger partial charge in [-0.2, -0.15) is 4.31 Å². The van der Waals surface area contributed by atoms with Crippen LogP contribution in [0.4, 0.5) is 10.1 Å². The number of rotatable bonds is 5. The van der Waals surface area contributed by atoms with Crippen molar-refractivity contribution in [1.82, 2.24) is 24.5 Å². The Hall–Kier alpha value is -3.18. The highest BCUT2D eigenvalue weighted by atomic mass is 32.2. The van der Waals surface area contributed by atoms with Gasteiger partial charge < -0.3 is 5.32 Å². The van der Waals surface area contributed by atoms with E-state index in [1.54, 1.807) is 24.3 Å². The van der Waals surface area contributed by atoms with Gasteiger partial charge in [-0.25, -0.2) is 17.5 Å². The van der Waals surface area contributed by atoms with Crippen LogP contribution in [0.2, 0.25) is 0 Å². The zero-order chi connectivity index (χ0) is 21.1. The Morgan fingerprint density at radius 2 is 1.83 bits per heavy atom. The summed E-state index contributed by atoms with van der Waals surface area (Å²) >= 11 is 0. The number of tetrazole rings is 1. The molecule has 3 aromatic rings. The second kappa shape index (κ2) is 8.28. The Morgan fingerprint density at radius 3 is 2.50 bits per heavy atom. The van der Waals surface area contributed by atoms with Gasteiger partial charge in [0.25, 0.3) is 0 Å². The topological polar surface area (TPSA) is 110 Å². The van der Waals surface area contributed by atoms with Gasteiger partial charge >= 0.3 is 0 Å². The fourth-order valence-electron chi connectivity index (χ4n) is 3.35. The molecule has 9 nitrogen and oxygen atoms in total. The predicted molar refractivity (Wildman–Crippen MR) is 106 cm³/mol. The van der Waals surface area contributed by atoms with Gasteiger partial charge in [0.1, 0.15) is 12.1 Å². The van der Waals surface area contributed by atoms with Crippen molar-refractivity contribution in [3.05, 3.63) is 60.7 Å². The van der Waals surface area contributed by atoms with Gasteiger partial charge in [-0.15, -0.1) is 5.10 Å². The van der Waals surface area contributed by atoms with Crippen LogP contribution in [0.5, 0.6) is 0 Å². The van der Waals surface area contributed by atoms with E-state index in [2.05, 4.69) is 20.8 Å². The number of hydrogen-bond acceptors (Lipinski definition) is 6. The van der Waals surface area contributed by atoms with Crippen LogP contribution in [-0.4, -0.2) is 51.9 Å². The molecule has 0 unspecified atom stereocenters. The molecule has 1 aromatic heterocycles. The molecule has 1 aliphatic rings. The van der Waals surface area contributed by atoms with Gasteiger partial charge in [-0.1, -0.05) is 0 Å². The fraction of sp³-hybridized carbons (Fsp3) is 0.263. The number of anilines is 1. The summed E-state index contributed by atoms with van der Waals surface area (Å²) in [4.78, 5) is 12.7. The highest BCUT2D eigenvalue weighted by Gasteiger charge is 2.33. The van der Waals surface area contributed by atoms with Crippen molar-refractivity contribution < 1.29 is 17.6 Å². The first-order valence-corrected chi connectivity index (χ1v) is 10.8. The first-order valence-electron chi connectivity index (χ1n) is 9.33. The van der Waals surface area contributed by atoms with E-state index >= 15 is 0 Å². The summed E-state index contributed by atoms with van der Waals surface area (Å²) in [6.45, 7) is 0.401. The number of piperidine rings is 1. The average molecular weight is 430 g/mol. The number of halogens is 1. The quantitative estimate of drug-likeness (QED) is 0.661. The minimum Gasteiger partial charge on any atom is -0.326 e. The van der Waals surface area contributed by atoms with Gasteiger partial charge in [0.05, 0.1) is 16.5 Å². The molecule has 2 aromatic carbocycles. The third-order valence-corrected chi connectivity index (χ3v) is 6.83. The molecule has 156 valence electrons. The number of nitrogens with one attached hydrogen (secondary N) is 1. The molecule has 4 rings (SSSR count). The third kappa shape index (κ3) is 4.21. The van der Waals surface area contributed by atoms with Crippen LogP contribution in [0, 0.1) is 11.7 Å². The lowest BCUT2D eigenvalue weighted by atomic mass is 9.98. The van der Waals surface area contributed by atoms with Crippen molar-refractivity contribution in [1.29, 1.82) is 0 Å². The van der Waals surface area contributed by atoms with Crippen molar-refractivity contribution in [3.8, 4) is 5.69 Å². The van der Waals surface area contributed by atoms with E-state index in [-0.39, 0.29) is 17.3 Å². The van der Waals surface area contributed by atoms with Crippen molar-refractivity contribution in [3.63, 3.8) is 0 Å². The highest BCUT2D eigenvalue weighted by molar-refractivity contribution is 7.89. The molecule has 0 aliphatic carbocycles. The number of benzene rings is 2. The second-order valence-corrected chi connectivity index (χ2v) is 8.88. The Labute approximate surface area is 172 Å². The lowest BCUT2D eigenvalue weighted by Crippen LogP contribution is -2.43. The molecular weight excluding hydrogens is 411 g/mol. The van der Waals surface area contributed by atoms with E-state index in [9.17, 15) is 17.6 Å². The van der Waals surface area contributed by atoms with E-state index in [0.29, 0.717) is 25.1 Å². The maximum absolute atomic E-state index is 13.1. The number of amides is 1. The van der Waals surface area contributed by atoms with Crippen LogP contribution in [0.1, 0.15) is 12.8 Å². The average Bonchev–Trinajstić information content (AvgIpc) is 3.30. The van der Waals surface area contributed by atoms with E-state index in [1.807, 2.05) is 0 Å². The normalized spacial score (nSPS) is 17.6. The Bertz CT molecular complexity index is 1120. The highest BCUT2D eigenvalue weighted by Crippen LogP contribution is 2.25. The van der Waals surface area contributed by atoms with Crippen molar-refractivity contribution >= 4 is 21.6 Å². The van der Waals surface area contributed by atoms with Gasteiger partial charge in [0.2, 0.25) is 15.9 Å². The van der Waals surface area contributed by atoms with E-state index in [1.165, 1.54) is 27.4 Å². The van der Waals surface area contributed by atoms with E-state index in [4.69, 9.17) is 0 Å². The van der Waals surface area contributed by atoms with E-state index < -0.39 is 21.8 Å². The monoisotopic (exact) mass is 430 g/mol. The van der Waals surface area contributed by atoms with Gasteiger partial charge in [0.15, 0.2) is 0 Å². The molecule has 0 saturated carbocycles. The molecular formula is C19H19FN6O3S. The number of carbonyl (C=O) groups is 1. The lowest BCUT2D eigenvalue weighted by molar-refractivity contribution is -0.120. The second-order valence-electron chi connectivity index (χ2n) is 6.95. The van der Waals surface area contributed by atoms with Crippen LogP contribution >= 0.6 is 0 Å². The van der Waals surface area contributed by atoms with E-state index in [0.717, 1.165) is 17.8 Å². The SMILES string of the molecule is O=C(Nc1ccc(-n2cnnn2)cc1)[C@H]1CCCN(S(=O)(=O)c2ccc(F)cc2)C1. The largest absolute Gasteiger partial charge is 0.326 e. The zero-order valence-corrected chi connectivity index (χ0v) is 16.7. The Morgan fingerprint density at radius 1 is 1.10 bits per heavy atom. The Kier molecular flexibility index (Phi) is 5.55. The summed E-state index contributed by atoms with van der Waals surface area (Å²) in [6, 6.07) is 11.7. The standard InChI is InChI=1S/C19H19FN6O3S/c20-15-3-9-18(10-4-15)30(28,29)25-11-1-2-14(12-25)19(27)22-16-5-7-17(8-6-16)26-13-21-23-24-26/h3-10,13-14H,1-2,11-12H2,(H,22,27)/t14-/m0/s1. The molecule has 1 amide bonds. The molecule has 1 fully saturated rings. The maximum atomic E-state index is 13.1. The smallest absolute Gasteiger partial charge is 0.243 e. The van der Waals surface area contributed by atoms with Crippen molar-refractivity contribution in [2.45, 2.75) is 17.7 Å². The van der Waals surface area contributed by atoms with Gasteiger partial charge in [-0.05, 0) is 71.8 Å². The fourth-order valence-corrected chi connectivity index (χ4v) is 4.88. The molecule has 0 bridgehead atoms. The predicted octanol–water partition coefficient (Wildman–Crippen LogP) is 1.84. The molecule has 2 heterocycles. The summed E-state index contributed by atoms with van der Waals surface area (Å²) in [5.41, 5.74) is 1.34. The Balaban J connectivity index is 1.42. The minimum absolute atomic E-state index is 0.0168. The summed E-state index contributed by atoms with van der Waals surface area (Å²) in [5.74, 6) is -1.23. The first-order chi connectivity index (χ1) is 14.4. The number of aromatic nitrogens is 4. The molecule has 1 atom stereocenters. The lowest BCUT2D eigenvalue weighted by Gasteiger charge is -2.31. The summed E-state index contributed by atoms with van der Waals surface area (Å²) in [5, 5.41) is 13.8. The van der Waals surface area contributed by atoms with Crippen molar-refractivity contribution in [2.24, 2.45) is 5.92 Å². The van der Waals surface area contributed by atoms with Crippen LogP contribution < -0.4 is 5.32 Å². The number of nitrogens with zero attached hydrogens (tertiary/aromatic N) is 5. The summed E-state index contributed by atoms with van der Waals surface area (Å²) in [7, 11) is -3.78. The maximum Gasteiger partial charge on any atom is 0.243 e.